The number of nitrogens with zero attached hydrogens (tertiary/aromatic N) is 2. The molecule has 0 aliphatic rings. The first-order chi connectivity index (χ1) is 8.78. The summed E-state index contributed by atoms with van der Waals surface area (Å²) in [7, 11) is 3.71. The smallest absolute Gasteiger partial charge is 0.258 e. The van der Waals surface area contributed by atoms with Crippen LogP contribution in [0.3, 0.4) is 0 Å². The summed E-state index contributed by atoms with van der Waals surface area (Å²) in [6.07, 6.45) is 0. The summed E-state index contributed by atoms with van der Waals surface area (Å²) in [5.74, 6) is 0.566. The molecule has 1 rings (SSSR count). The first-order valence-corrected chi connectivity index (χ1v) is 5.98. The van der Waals surface area contributed by atoms with Crippen molar-refractivity contribution >= 4 is 5.91 Å². The predicted octanol–water partition coefficient (Wildman–Crippen LogP) is -0.209. The summed E-state index contributed by atoms with van der Waals surface area (Å²) < 4.78 is 9.93. The van der Waals surface area contributed by atoms with Gasteiger partial charge in [0, 0.05) is 19.2 Å². The molecular weight excluding hydrogens is 250 g/mol. The van der Waals surface area contributed by atoms with Crippen molar-refractivity contribution in [3.8, 4) is 5.88 Å². The van der Waals surface area contributed by atoms with Gasteiger partial charge >= 0.3 is 0 Å². The third-order valence-electron chi connectivity index (χ3n) is 2.28. The molecule has 7 heteroatoms. The fourth-order valence-electron chi connectivity index (χ4n) is 1.63. The number of carbonyl (C=O) groups is 1. The molecule has 0 aromatic carbocycles. The average molecular weight is 271 g/mol. The van der Waals surface area contributed by atoms with Crippen LogP contribution in [0, 0.1) is 6.92 Å². The lowest BCUT2D eigenvalue weighted by atomic mass is 10.1. The van der Waals surface area contributed by atoms with E-state index in [4.69, 9.17) is 9.26 Å². The number of likely N-dealkylation sites (N-methyl/N-ethyl adjacent to an activating group) is 1. The van der Waals surface area contributed by atoms with Crippen LogP contribution in [0.15, 0.2) is 10.6 Å². The van der Waals surface area contributed by atoms with Gasteiger partial charge in [-0.2, -0.15) is 0 Å². The van der Waals surface area contributed by atoms with Gasteiger partial charge in [-0.1, -0.05) is 0 Å². The van der Waals surface area contributed by atoms with E-state index in [2.05, 4.69) is 10.5 Å². The van der Waals surface area contributed by atoms with Gasteiger partial charge in [0.2, 0.25) is 0 Å². The lowest BCUT2D eigenvalue weighted by molar-refractivity contribution is -0.124. The fourth-order valence-corrected chi connectivity index (χ4v) is 1.63. The highest BCUT2D eigenvalue weighted by atomic mass is 16.5. The molecule has 0 saturated carbocycles. The van der Waals surface area contributed by atoms with E-state index in [1.807, 2.05) is 19.0 Å². The predicted molar refractivity (Wildman–Crippen MR) is 68.9 cm³/mol. The molecule has 1 aromatic heterocycles. The van der Waals surface area contributed by atoms with Crippen molar-refractivity contribution in [2.24, 2.45) is 0 Å². The van der Waals surface area contributed by atoms with Crippen LogP contribution in [0.1, 0.15) is 12.7 Å². The number of ether oxygens (including phenoxy) is 1. The zero-order chi connectivity index (χ0) is 14.5. The highest BCUT2D eigenvalue weighted by molar-refractivity contribution is 5.77. The zero-order valence-electron chi connectivity index (χ0n) is 11.8. The molecular formula is C12H21N3O4. The summed E-state index contributed by atoms with van der Waals surface area (Å²) >= 11 is 0. The molecule has 1 amide bonds. The van der Waals surface area contributed by atoms with E-state index in [0.717, 1.165) is 0 Å². The molecule has 1 aromatic rings. The van der Waals surface area contributed by atoms with Gasteiger partial charge in [0.15, 0.2) is 6.61 Å². The quantitative estimate of drug-likeness (QED) is 0.713. The van der Waals surface area contributed by atoms with E-state index < -0.39 is 5.60 Å². The molecule has 0 radical (unpaired) electrons. The van der Waals surface area contributed by atoms with Crippen LogP contribution in [0.2, 0.25) is 0 Å². The molecule has 0 aliphatic heterocycles. The summed E-state index contributed by atoms with van der Waals surface area (Å²) in [6.45, 7) is 3.85. The SMILES string of the molecule is Cc1cc(OCC(=O)NCC(C)(O)CN(C)C)no1. The van der Waals surface area contributed by atoms with Crippen molar-refractivity contribution in [3.63, 3.8) is 0 Å². The number of hydrogen-bond acceptors (Lipinski definition) is 6. The molecule has 108 valence electrons. The lowest BCUT2D eigenvalue weighted by Gasteiger charge is -2.26. The highest BCUT2D eigenvalue weighted by Crippen LogP contribution is 2.09. The molecule has 0 saturated heterocycles. The van der Waals surface area contributed by atoms with E-state index in [1.54, 1.807) is 19.9 Å². The molecule has 0 fully saturated rings. The minimum Gasteiger partial charge on any atom is -0.465 e. The lowest BCUT2D eigenvalue weighted by Crippen LogP contribution is -2.47. The summed E-state index contributed by atoms with van der Waals surface area (Å²) in [5.41, 5.74) is -0.983. The molecule has 1 atom stereocenters. The fraction of sp³-hybridized carbons (Fsp3) is 0.667. The van der Waals surface area contributed by atoms with E-state index in [0.29, 0.717) is 12.3 Å². The standard InChI is InChI=1S/C12H21N3O4/c1-9-5-11(14-19-9)18-6-10(16)13-7-12(2,17)8-15(3)4/h5,17H,6-8H2,1-4H3,(H,13,16). The normalized spacial score (nSPS) is 14.2. The molecule has 1 unspecified atom stereocenters. The van der Waals surface area contributed by atoms with Crippen LogP contribution in [-0.4, -0.2) is 60.5 Å². The van der Waals surface area contributed by atoms with Crippen LogP contribution in [0.5, 0.6) is 5.88 Å². The molecule has 0 aliphatic carbocycles. The third-order valence-corrected chi connectivity index (χ3v) is 2.28. The zero-order valence-corrected chi connectivity index (χ0v) is 11.8. The van der Waals surface area contributed by atoms with Crippen molar-refractivity contribution in [2.75, 3.05) is 33.8 Å². The summed E-state index contributed by atoms with van der Waals surface area (Å²) in [5, 5.41) is 16.2. The maximum atomic E-state index is 11.5. The van der Waals surface area contributed by atoms with E-state index in [-0.39, 0.29) is 24.9 Å². The van der Waals surface area contributed by atoms with E-state index in [9.17, 15) is 9.90 Å². The third kappa shape index (κ3) is 6.21. The largest absolute Gasteiger partial charge is 0.465 e. The summed E-state index contributed by atoms with van der Waals surface area (Å²) in [4.78, 5) is 13.4. The number of aryl methyl sites for hydroxylation is 1. The Kier molecular flexibility index (Phi) is 5.31. The Morgan fingerprint density at radius 3 is 2.84 bits per heavy atom. The molecule has 0 bridgehead atoms. The average Bonchev–Trinajstić information content (AvgIpc) is 2.68. The second-order valence-corrected chi connectivity index (χ2v) is 5.08. The van der Waals surface area contributed by atoms with Crippen molar-refractivity contribution < 1.29 is 19.2 Å². The van der Waals surface area contributed by atoms with Crippen LogP contribution in [-0.2, 0) is 4.79 Å². The van der Waals surface area contributed by atoms with E-state index >= 15 is 0 Å². The molecule has 19 heavy (non-hydrogen) atoms. The summed E-state index contributed by atoms with van der Waals surface area (Å²) in [6, 6.07) is 1.59. The molecule has 0 spiro atoms. The van der Waals surface area contributed by atoms with Gasteiger partial charge in [-0.3, -0.25) is 4.79 Å². The molecule has 2 N–H and O–H groups in total. The number of nitrogens with one attached hydrogen (secondary N) is 1. The maximum absolute atomic E-state index is 11.5. The van der Waals surface area contributed by atoms with Crippen molar-refractivity contribution in [1.29, 1.82) is 0 Å². The van der Waals surface area contributed by atoms with Crippen LogP contribution in [0.4, 0.5) is 0 Å². The van der Waals surface area contributed by atoms with Gasteiger partial charge in [-0.15, -0.1) is 0 Å². The van der Waals surface area contributed by atoms with Gasteiger partial charge in [0.05, 0.1) is 5.60 Å². The van der Waals surface area contributed by atoms with Crippen LogP contribution in [0.25, 0.3) is 0 Å². The molecule has 7 nitrogen and oxygen atoms in total. The Hall–Kier alpha value is -1.60. The Morgan fingerprint density at radius 2 is 2.32 bits per heavy atom. The second-order valence-electron chi connectivity index (χ2n) is 5.08. The van der Waals surface area contributed by atoms with Crippen LogP contribution >= 0.6 is 0 Å². The number of aromatic nitrogens is 1. The Balaban J connectivity index is 2.28. The number of aliphatic hydroxyl groups is 1. The van der Waals surface area contributed by atoms with Crippen molar-refractivity contribution in [1.82, 2.24) is 15.4 Å². The van der Waals surface area contributed by atoms with Gasteiger partial charge in [-0.25, -0.2) is 0 Å². The van der Waals surface area contributed by atoms with Crippen molar-refractivity contribution in [3.05, 3.63) is 11.8 Å². The molecule has 1 heterocycles. The number of hydrogen-bond donors (Lipinski definition) is 2. The highest BCUT2D eigenvalue weighted by Gasteiger charge is 2.22. The van der Waals surface area contributed by atoms with Crippen LogP contribution < -0.4 is 10.1 Å². The van der Waals surface area contributed by atoms with Gasteiger partial charge in [-0.05, 0) is 33.1 Å². The van der Waals surface area contributed by atoms with Gasteiger partial charge < -0.3 is 24.6 Å². The number of carbonyl (C=O) groups excluding carboxylic acids is 1. The monoisotopic (exact) mass is 271 g/mol. The van der Waals surface area contributed by atoms with Gasteiger partial charge in [0.25, 0.3) is 11.8 Å². The first-order valence-electron chi connectivity index (χ1n) is 5.98. The minimum atomic E-state index is -0.983. The Labute approximate surface area is 112 Å². The maximum Gasteiger partial charge on any atom is 0.258 e. The second kappa shape index (κ2) is 6.53. The number of rotatable bonds is 7. The minimum absolute atomic E-state index is 0.158. The van der Waals surface area contributed by atoms with Crippen molar-refractivity contribution in [2.45, 2.75) is 19.4 Å². The van der Waals surface area contributed by atoms with E-state index in [1.165, 1.54) is 0 Å². The topological polar surface area (TPSA) is 87.8 Å². The van der Waals surface area contributed by atoms with Gasteiger partial charge in [0.1, 0.15) is 5.76 Å². The number of amides is 1. The first kappa shape index (κ1) is 15.5. The Bertz CT molecular complexity index is 415. The Morgan fingerprint density at radius 1 is 1.63 bits per heavy atom.